The van der Waals surface area contributed by atoms with E-state index in [1.54, 1.807) is 29.2 Å². The van der Waals surface area contributed by atoms with E-state index in [4.69, 9.17) is 22.3 Å². The molecular weight excluding hydrogens is 458 g/mol. The van der Waals surface area contributed by atoms with E-state index >= 15 is 0 Å². The lowest BCUT2D eigenvalue weighted by Gasteiger charge is -2.42. The van der Waals surface area contributed by atoms with Crippen molar-refractivity contribution in [3.05, 3.63) is 76.2 Å². The van der Waals surface area contributed by atoms with Gasteiger partial charge in [-0.05, 0) is 57.0 Å². The van der Waals surface area contributed by atoms with Crippen LogP contribution in [0.15, 0.2) is 42.5 Å². The molecule has 0 spiro atoms. The molecule has 2 N–H and O–H groups in total. The molecule has 2 aromatic carbocycles. The fourth-order valence-electron chi connectivity index (χ4n) is 4.28. The summed E-state index contributed by atoms with van der Waals surface area (Å²) in [5, 5.41) is 0.0716. The van der Waals surface area contributed by atoms with Gasteiger partial charge in [0.05, 0.1) is 22.8 Å². The van der Waals surface area contributed by atoms with Gasteiger partial charge in [-0.25, -0.2) is 13.8 Å². The van der Waals surface area contributed by atoms with Crippen LogP contribution < -0.4 is 5.73 Å². The van der Waals surface area contributed by atoms with E-state index < -0.39 is 11.4 Å². The van der Waals surface area contributed by atoms with Gasteiger partial charge < -0.3 is 15.2 Å². The third-order valence-electron chi connectivity index (χ3n) is 6.00. The Balaban J connectivity index is 0.000000343. The Morgan fingerprint density at radius 3 is 2.32 bits per heavy atom. The number of aryl methyl sites for hydroxylation is 1. The SMILES string of the molecule is CC(C)c1c(-c2ccc(F)c(Cl)c2)nc2n1CCN(C(=O)CN)C2(C)C.Cc1ccc(F)cc1. The van der Waals surface area contributed by atoms with E-state index in [1.807, 2.05) is 20.8 Å². The summed E-state index contributed by atoms with van der Waals surface area (Å²) < 4.78 is 27.9. The number of nitrogens with zero attached hydrogens (tertiary/aromatic N) is 3. The average molecular weight is 489 g/mol. The lowest BCUT2D eigenvalue weighted by molar-refractivity contribution is -0.137. The smallest absolute Gasteiger partial charge is 0.237 e. The summed E-state index contributed by atoms with van der Waals surface area (Å²) in [4.78, 5) is 18.9. The highest BCUT2D eigenvalue weighted by molar-refractivity contribution is 6.31. The standard InChI is InChI=1S/C19H24ClFN4O.C7H7F/c1-11(2)17-16(12-5-6-14(21)13(20)9-12)23-18-19(3,4)25(15(26)10-22)8-7-24(17)18;1-6-2-4-7(8)5-3-6/h5-6,9,11H,7-8,10,22H2,1-4H3;2-5H,1H3. The zero-order valence-corrected chi connectivity index (χ0v) is 21.0. The number of carbonyl (C=O) groups excluding carboxylic acids is 1. The van der Waals surface area contributed by atoms with Gasteiger partial charge in [0.1, 0.15) is 17.5 Å². The maximum atomic E-state index is 13.6. The van der Waals surface area contributed by atoms with E-state index in [1.165, 1.54) is 18.2 Å². The molecule has 2 heterocycles. The maximum absolute atomic E-state index is 13.6. The molecule has 0 radical (unpaired) electrons. The second-order valence-corrected chi connectivity index (χ2v) is 9.62. The summed E-state index contributed by atoms with van der Waals surface area (Å²) in [6.07, 6.45) is 0. The van der Waals surface area contributed by atoms with Crippen molar-refractivity contribution in [2.75, 3.05) is 13.1 Å². The van der Waals surface area contributed by atoms with Crippen molar-refractivity contribution in [3.63, 3.8) is 0 Å². The van der Waals surface area contributed by atoms with Crippen molar-refractivity contribution in [2.24, 2.45) is 5.73 Å². The van der Waals surface area contributed by atoms with Crippen molar-refractivity contribution in [3.8, 4) is 11.3 Å². The molecule has 1 amide bonds. The van der Waals surface area contributed by atoms with Crippen LogP contribution in [0.3, 0.4) is 0 Å². The number of carbonyl (C=O) groups is 1. The number of fused-ring (bicyclic) bond motifs is 1. The molecule has 5 nitrogen and oxygen atoms in total. The van der Waals surface area contributed by atoms with Crippen LogP contribution in [0.5, 0.6) is 0 Å². The van der Waals surface area contributed by atoms with Crippen LogP contribution in [0.4, 0.5) is 8.78 Å². The van der Waals surface area contributed by atoms with Gasteiger partial charge in [-0.3, -0.25) is 4.79 Å². The summed E-state index contributed by atoms with van der Waals surface area (Å²) in [6, 6.07) is 11.1. The molecular formula is C26H31ClF2N4O. The highest BCUT2D eigenvalue weighted by atomic mass is 35.5. The molecule has 0 fully saturated rings. The van der Waals surface area contributed by atoms with Crippen molar-refractivity contribution < 1.29 is 13.6 Å². The second-order valence-electron chi connectivity index (χ2n) is 9.21. The Bertz CT molecular complexity index is 1150. The second kappa shape index (κ2) is 10.2. The summed E-state index contributed by atoms with van der Waals surface area (Å²) >= 11 is 5.99. The van der Waals surface area contributed by atoms with Crippen molar-refractivity contribution in [1.82, 2.24) is 14.5 Å². The fourth-order valence-corrected chi connectivity index (χ4v) is 4.46. The molecule has 1 aliphatic heterocycles. The third-order valence-corrected chi connectivity index (χ3v) is 6.29. The zero-order valence-electron chi connectivity index (χ0n) is 20.2. The monoisotopic (exact) mass is 488 g/mol. The largest absolute Gasteiger partial charge is 0.327 e. The van der Waals surface area contributed by atoms with Crippen LogP contribution in [-0.4, -0.2) is 33.4 Å². The first-order valence-electron chi connectivity index (χ1n) is 11.3. The molecule has 182 valence electrons. The molecule has 3 aromatic rings. The van der Waals surface area contributed by atoms with Crippen molar-refractivity contribution in [1.29, 1.82) is 0 Å². The van der Waals surface area contributed by atoms with Gasteiger partial charge in [0.15, 0.2) is 0 Å². The fraction of sp³-hybridized carbons (Fsp3) is 0.385. The molecule has 8 heteroatoms. The Kier molecular flexibility index (Phi) is 7.78. The van der Waals surface area contributed by atoms with Gasteiger partial charge in [0.2, 0.25) is 5.91 Å². The van der Waals surface area contributed by atoms with Crippen LogP contribution in [-0.2, 0) is 16.9 Å². The van der Waals surface area contributed by atoms with E-state index in [0.29, 0.717) is 13.1 Å². The number of hydrogen-bond donors (Lipinski definition) is 1. The van der Waals surface area contributed by atoms with E-state index in [-0.39, 0.29) is 29.2 Å². The molecule has 0 saturated heterocycles. The quantitative estimate of drug-likeness (QED) is 0.519. The molecule has 1 aliphatic rings. The molecule has 0 unspecified atom stereocenters. The summed E-state index contributed by atoms with van der Waals surface area (Å²) in [7, 11) is 0. The van der Waals surface area contributed by atoms with E-state index in [0.717, 1.165) is 28.3 Å². The molecule has 1 aromatic heterocycles. The molecule has 0 atom stereocenters. The lowest BCUT2D eigenvalue weighted by Crippen LogP contribution is -2.53. The zero-order chi connectivity index (χ0) is 25.2. The Labute approximate surface area is 204 Å². The Morgan fingerprint density at radius 1 is 1.15 bits per heavy atom. The molecule has 0 aliphatic carbocycles. The van der Waals surface area contributed by atoms with Gasteiger partial charge in [0, 0.05) is 24.3 Å². The number of rotatable bonds is 3. The first kappa shape index (κ1) is 25.8. The van der Waals surface area contributed by atoms with Crippen molar-refractivity contribution in [2.45, 2.75) is 52.6 Å². The number of benzene rings is 2. The van der Waals surface area contributed by atoms with Crippen LogP contribution in [0.2, 0.25) is 5.02 Å². The van der Waals surface area contributed by atoms with Gasteiger partial charge >= 0.3 is 0 Å². The van der Waals surface area contributed by atoms with E-state index in [2.05, 4.69) is 18.4 Å². The summed E-state index contributed by atoms with van der Waals surface area (Å²) in [5.74, 6) is 0.301. The van der Waals surface area contributed by atoms with Crippen LogP contribution in [0, 0.1) is 18.6 Å². The number of nitrogens with two attached hydrogens (primary N) is 1. The highest BCUT2D eigenvalue weighted by Crippen LogP contribution is 2.39. The Morgan fingerprint density at radius 2 is 1.79 bits per heavy atom. The topological polar surface area (TPSA) is 64.2 Å². The minimum atomic E-state index is -0.583. The minimum Gasteiger partial charge on any atom is -0.327 e. The first-order valence-corrected chi connectivity index (χ1v) is 11.6. The van der Waals surface area contributed by atoms with Gasteiger partial charge in [-0.15, -0.1) is 0 Å². The van der Waals surface area contributed by atoms with Gasteiger partial charge in [0.25, 0.3) is 0 Å². The van der Waals surface area contributed by atoms with Gasteiger partial charge in [-0.1, -0.05) is 43.1 Å². The lowest BCUT2D eigenvalue weighted by atomic mass is 9.98. The maximum Gasteiger partial charge on any atom is 0.237 e. The predicted octanol–water partition coefficient (Wildman–Crippen LogP) is 5.64. The number of hydrogen-bond acceptors (Lipinski definition) is 3. The van der Waals surface area contributed by atoms with Crippen LogP contribution >= 0.6 is 11.6 Å². The van der Waals surface area contributed by atoms with Crippen LogP contribution in [0.1, 0.15) is 50.7 Å². The highest BCUT2D eigenvalue weighted by Gasteiger charge is 2.41. The third kappa shape index (κ3) is 5.15. The predicted molar refractivity (Wildman–Crippen MR) is 132 cm³/mol. The average Bonchev–Trinajstić information content (AvgIpc) is 3.19. The van der Waals surface area contributed by atoms with Gasteiger partial charge in [-0.2, -0.15) is 0 Å². The summed E-state index contributed by atoms with van der Waals surface area (Å²) in [5.41, 5.74) is 8.71. The number of imidazole rings is 1. The molecule has 4 rings (SSSR count). The number of halogens is 3. The molecule has 0 bridgehead atoms. The number of amides is 1. The van der Waals surface area contributed by atoms with Crippen molar-refractivity contribution >= 4 is 17.5 Å². The van der Waals surface area contributed by atoms with E-state index in [9.17, 15) is 13.6 Å². The number of aromatic nitrogens is 2. The molecule has 34 heavy (non-hydrogen) atoms. The normalized spacial score (nSPS) is 14.5. The van der Waals surface area contributed by atoms with Crippen LogP contribution in [0.25, 0.3) is 11.3 Å². The first-order chi connectivity index (χ1) is 16.0. The Hall–Kier alpha value is -2.77. The summed E-state index contributed by atoms with van der Waals surface area (Å²) in [6.45, 7) is 11.3. The minimum absolute atomic E-state index is 0.0262. The molecule has 0 saturated carbocycles.